The summed E-state index contributed by atoms with van der Waals surface area (Å²) in [6, 6.07) is 7.57. The Morgan fingerprint density at radius 2 is 2.21 bits per heavy atom. The number of nitrogen functional groups attached to an aromatic ring is 1. The first kappa shape index (κ1) is 10.9. The summed E-state index contributed by atoms with van der Waals surface area (Å²) < 4.78 is 5.62. The van der Waals surface area contributed by atoms with Gasteiger partial charge < -0.3 is 10.5 Å². The van der Waals surface area contributed by atoms with E-state index in [0.717, 1.165) is 18.0 Å². The fraction of sp³-hybridized carbons (Fsp3) is 0.500. The maximum Gasteiger partial charge on any atom is 0.121 e. The molecule has 0 bridgehead atoms. The van der Waals surface area contributed by atoms with Crippen LogP contribution in [-0.4, -0.2) is 6.61 Å². The molecule has 0 aliphatic carbocycles. The number of ether oxygens (including phenoxy) is 1. The Labute approximate surface area is 86.1 Å². The van der Waals surface area contributed by atoms with Crippen LogP contribution in [0.2, 0.25) is 0 Å². The van der Waals surface area contributed by atoms with Crippen molar-refractivity contribution in [3.63, 3.8) is 0 Å². The van der Waals surface area contributed by atoms with Gasteiger partial charge in [0.2, 0.25) is 0 Å². The van der Waals surface area contributed by atoms with Crippen LogP contribution in [0.3, 0.4) is 0 Å². The van der Waals surface area contributed by atoms with Gasteiger partial charge in [0.05, 0.1) is 6.61 Å². The molecule has 1 atom stereocenters. The molecule has 14 heavy (non-hydrogen) atoms. The van der Waals surface area contributed by atoms with Crippen LogP contribution in [0.1, 0.15) is 26.7 Å². The van der Waals surface area contributed by atoms with Crippen molar-refractivity contribution < 1.29 is 4.74 Å². The van der Waals surface area contributed by atoms with Gasteiger partial charge in [-0.2, -0.15) is 0 Å². The molecule has 0 radical (unpaired) electrons. The van der Waals surface area contributed by atoms with Crippen molar-refractivity contribution in [1.29, 1.82) is 0 Å². The third kappa shape index (κ3) is 3.69. The molecule has 0 heterocycles. The van der Waals surface area contributed by atoms with Crippen molar-refractivity contribution in [2.24, 2.45) is 5.92 Å². The van der Waals surface area contributed by atoms with Crippen LogP contribution in [0, 0.1) is 5.92 Å². The topological polar surface area (TPSA) is 35.2 Å². The summed E-state index contributed by atoms with van der Waals surface area (Å²) in [5, 5.41) is 0. The summed E-state index contributed by atoms with van der Waals surface area (Å²) in [4.78, 5) is 0. The van der Waals surface area contributed by atoms with Gasteiger partial charge >= 0.3 is 0 Å². The zero-order valence-electron chi connectivity index (χ0n) is 8.99. The van der Waals surface area contributed by atoms with E-state index < -0.39 is 0 Å². The summed E-state index contributed by atoms with van der Waals surface area (Å²) in [6.45, 7) is 5.17. The average Bonchev–Trinajstić information content (AvgIpc) is 2.15. The molecule has 0 aliphatic heterocycles. The predicted octanol–water partition coefficient (Wildman–Crippen LogP) is 3.08. The quantitative estimate of drug-likeness (QED) is 0.729. The van der Waals surface area contributed by atoms with Gasteiger partial charge in [-0.25, -0.2) is 0 Å². The Hall–Kier alpha value is -1.18. The van der Waals surface area contributed by atoms with Crippen molar-refractivity contribution in [2.45, 2.75) is 26.7 Å². The molecule has 0 aromatic heterocycles. The second-order valence-electron chi connectivity index (χ2n) is 3.78. The zero-order valence-corrected chi connectivity index (χ0v) is 8.99. The molecule has 0 saturated heterocycles. The Balaban J connectivity index is 2.37. The molecule has 0 aliphatic rings. The first-order valence-electron chi connectivity index (χ1n) is 5.20. The van der Waals surface area contributed by atoms with E-state index in [1.807, 2.05) is 24.3 Å². The van der Waals surface area contributed by atoms with Crippen molar-refractivity contribution in [1.82, 2.24) is 0 Å². The van der Waals surface area contributed by atoms with E-state index in [4.69, 9.17) is 10.5 Å². The Morgan fingerprint density at radius 3 is 2.86 bits per heavy atom. The highest BCUT2D eigenvalue weighted by molar-refractivity contribution is 5.43. The average molecular weight is 193 g/mol. The first-order chi connectivity index (χ1) is 6.72. The second kappa shape index (κ2) is 5.53. The molecular formula is C12H19NO. The summed E-state index contributed by atoms with van der Waals surface area (Å²) >= 11 is 0. The van der Waals surface area contributed by atoms with E-state index in [1.54, 1.807) is 0 Å². The highest BCUT2D eigenvalue weighted by Gasteiger charge is 2.01. The fourth-order valence-corrected chi connectivity index (χ4v) is 1.42. The smallest absolute Gasteiger partial charge is 0.121 e. The highest BCUT2D eigenvalue weighted by Crippen LogP contribution is 2.16. The van der Waals surface area contributed by atoms with Crippen LogP contribution >= 0.6 is 0 Å². The minimum absolute atomic E-state index is 0.612. The Morgan fingerprint density at radius 1 is 1.43 bits per heavy atom. The SMILES string of the molecule is CCCC(C)COc1cccc(N)c1. The number of hydrogen-bond donors (Lipinski definition) is 1. The number of nitrogens with two attached hydrogens (primary N) is 1. The highest BCUT2D eigenvalue weighted by atomic mass is 16.5. The van der Waals surface area contributed by atoms with Gasteiger partial charge in [0, 0.05) is 11.8 Å². The number of benzene rings is 1. The van der Waals surface area contributed by atoms with Gasteiger partial charge in [0.1, 0.15) is 5.75 Å². The van der Waals surface area contributed by atoms with Crippen molar-refractivity contribution in [3.8, 4) is 5.75 Å². The van der Waals surface area contributed by atoms with Crippen LogP contribution in [-0.2, 0) is 0 Å². The molecule has 0 saturated carbocycles. The van der Waals surface area contributed by atoms with Gasteiger partial charge in [-0.3, -0.25) is 0 Å². The lowest BCUT2D eigenvalue weighted by Crippen LogP contribution is -2.08. The maximum absolute atomic E-state index is 5.64. The molecule has 0 spiro atoms. The van der Waals surface area contributed by atoms with E-state index in [9.17, 15) is 0 Å². The summed E-state index contributed by atoms with van der Waals surface area (Å²) in [5.41, 5.74) is 6.40. The summed E-state index contributed by atoms with van der Waals surface area (Å²) in [7, 11) is 0. The molecule has 0 amide bonds. The summed E-state index contributed by atoms with van der Waals surface area (Å²) in [6.07, 6.45) is 2.42. The largest absolute Gasteiger partial charge is 0.493 e. The van der Waals surface area contributed by atoms with Crippen molar-refractivity contribution >= 4 is 5.69 Å². The zero-order chi connectivity index (χ0) is 10.4. The van der Waals surface area contributed by atoms with Crippen LogP contribution in [0.5, 0.6) is 5.75 Å². The normalized spacial score (nSPS) is 12.4. The third-order valence-corrected chi connectivity index (χ3v) is 2.17. The van der Waals surface area contributed by atoms with E-state index >= 15 is 0 Å². The van der Waals surface area contributed by atoms with E-state index in [-0.39, 0.29) is 0 Å². The minimum atomic E-state index is 0.612. The standard InChI is InChI=1S/C12H19NO/c1-3-5-10(2)9-14-12-7-4-6-11(13)8-12/h4,6-8,10H,3,5,9,13H2,1-2H3. The van der Waals surface area contributed by atoms with Gasteiger partial charge in [-0.15, -0.1) is 0 Å². The molecule has 1 aromatic carbocycles. The molecule has 1 unspecified atom stereocenters. The van der Waals surface area contributed by atoms with E-state index in [2.05, 4.69) is 13.8 Å². The summed E-state index contributed by atoms with van der Waals surface area (Å²) in [5.74, 6) is 1.48. The monoisotopic (exact) mass is 193 g/mol. The van der Waals surface area contributed by atoms with Gasteiger partial charge in [-0.1, -0.05) is 26.3 Å². The molecule has 78 valence electrons. The number of hydrogen-bond acceptors (Lipinski definition) is 2. The van der Waals surface area contributed by atoms with Gasteiger partial charge in [0.15, 0.2) is 0 Å². The van der Waals surface area contributed by atoms with Gasteiger partial charge in [0.25, 0.3) is 0 Å². The lowest BCUT2D eigenvalue weighted by Gasteiger charge is -2.12. The fourth-order valence-electron chi connectivity index (χ4n) is 1.42. The Kier molecular flexibility index (Phi) is 4.30. The molecule has 2 N–H and O–H groups in total. The molecule has 1 aromatic rings. The Bertz CT molecular complexity index is 273. The number of rotatable bonds is 5. The molecule has 1 rings (SSSR count). The second-order valence-corrected chi connectivity index (χ2v) is 3.78. The maximum atomic E-state index is 5.64. The van der Waals surface area contributed by atoms with Crippen LogP contribution < -0.4 is 10.5 Å². The van der Waals surface area contributed by atoms with Crippen LogP contribution in [0.4, 0.5) is 5.69 Å². The molecule has 0 fully saturated rings. The minimum Gasteiger partial charge on any atom is -0.493 e. The van der Waals surface area contributed by atoms with Crippen LogP contribution in [0.25, 0.3) is 0 Å². The van der Waals surface area contributed by atoms with E-state index in [1.165, 1.54) is 12.8 Å². The predicted molar refractivity (Wildman–Crippen MR) is 60.4 cm³/mol. The van der Waals surface area contributed by atoms with Gasteiger partial charge in [-0.05, 0) is 24.5 Å². The first-order valence-corrected chi connectivity index (χ1v) is 5.20. The van der Waals surface area contributed by atoms with Crippen LogP contribution in [0.15, 0.2) is 24.3 Å². The molecule has 2 heteroatoms. The molecular weight excluding hydrogens is 174 g/mol. The van der Waals surface area contributed by atoms with Crippen molar-refractivity contribution in [3.05, 3.63) is 24.3 Å². The number of anilines is 1. The third-order valence-electron chi connectivity index (χ3n) is 2.17. The van der Waals surface area contributed by atoms with Crippen molar-refractivity contribution in [2.75, 3.05) is 12.3 Å². The van der Waals surface area contributed by atoms with E-state index in [0.29, 0.717) is 5.92 Å². The molecule has 2 nitrogen and oxygen atoms in total. The lowest BCUT2D eigenvalue weighted by molar-refractivity contribution is 0.251. The lowest BCUT2D eigenvalue weighted by atomic mass is 10.1.